The largest absolute Gasteiger partial charge is 0.478 e. The van der Waals surface area contributed by atoms with Gasteiger partial charge in [-0.05, 0) is 40.8 Å². The Labute approximate surface area is 110 Å². The molecule has 0 aliphatic carbocycles. The van der Waals surface area contributed by atoms with Crippen LogP contribution in [0.3, 0.4) is 0 Å². The summed E-state index contributed by atoms with van der Waals surface area (Å²) in [5, 5.41) is 3.21. The van der Waals surface area contributed by atoms with Gasteiger partial charge in [0.1, 0.15) is 0 Å². The number of hydrogen-bond donors (Lipinski definition) is 1. The lowest BCUT2D eigenvalue weighted by Gasteiger charge is -2.20. The second-order valence-electron chi connectivity index (χ2n) is 4.51. The van der Waals surface area contributed by atoms with Crippen molar-refractivity contribution in [2.24, 2.45) is 0 Å². The number of anilines is 1. The minimum atomic E-state index is 0.586. The average Bonchev–Trinajstić information content (AvgIpc) is 2.35. The molecule has 0 saturated carbocycles. The van der Waals surface area contributed by atoms with Crippen LogP contribution in [0.4, 0.5) is 5.95 Å². The molecule has 0 fully saturated rings. The van der Waals surface area contributed by atoms with Gasteiger partial charge in [-0.25, -0.2) is 4.98 Å². The van der Waals surface area contributed by atoms with E-state index in [0.717, 1.165) is 19.5 Å². The van der Waals surface area contributed by atoms with Crippen LogP contribution in [0.15, 0.2) is 12.3 Å². The molecule has 0 saturated heterocycles. The first-order valence-corrected chi connectivity index (χ1v) is 6.53. The molecule has 0 aromatic carbocycles. The van der Waals surface area contributed by atoms with Gasteiger partial charge in [-0.3, -0.25) is 0 Å². The van der Waals surface area contributed by atoms with Crippen LogP contribution in [-0.4, -0.2) is 47.7 Å². The van der Waals surface area contributed by atoms with Crippen LogP contribution in [0.2, 0.25) is 0 Å². The van der Waals surface area contributed by atoms with Crippen molar-refractivity contribution in [3.8, 4) is 5.88 Å². The number of hydrogen-bond acceptors (Lipinski definition) is 5. The van der Waals surface area contributed by atoms with E-state index < -0.39 is 0 Å². The molecule has 1 N–H and O–H groups in total. The molecule has 0 unspecified atom stereocenters. The first kappa shape index (κ1) is 14.7. The molecule has 1 heterocycles. The second-order valence-corrected chi connectivity index (χ2v) is 4.51. The zero-order valence-electron chi connectivity index (χ0n) is 11.8. The Bertz CT molecular complexity index is 344. The van der Waals surface area contributed by atoms with Gasteiger partial charge in [-0.2, -0.15) is 4.98 Å². The molecule has 0 amide bonds. The van der Waals surface area contributed by atoms with Gasteiger partial charge in [0.05, 0.1) is 6.61 Å². The predicted molar refractivity (Wildman–Crippen MR) is 74.1 cm³/mol. The molecular formula is C13H24N4O. The topological polar surface area (TPSA) is 50.3 Å². The van der Waals surface area contributed by atoms with E-state index in [1.165, 1.54) is 0 Å². The minimum Gasteiger partial charge on any atom is -0.478 e. The fraction of sp³-hybridized carbons (Fsp3) is 0.692. The van der Waals surface area contributed by atoms with Crippen molar-refractivity contribution in [2.75, 3.05) is 32.1 Å². The predicted octanol–water partition coefficient (Wildman–Crippen LogP) is 2.02. The summed E-state index contributed by atoms with van der Waals surface area (Å²) in [6.07, 6.45) is 2.78. The number of ether oxygens (including phenoxy) is 1. The van der Waals surface area contributed by atoms with E-state index in [1.807, 2.05) is 6.92 Å². The van der Waals surface area contributed by atoms with Gasteiger partial charge < -0.3 is 15.0 Å². The maximum Gasteiger partial charge on any atom is 0.225 e. The van der Waals surface area contributed by atoms with Crippen LogP contribution in [0.1, 0.15) is 27.2 Å². The van der Waals surface area contributed by atoms with Crippen LogP contribution >= 0.6 is 0 Å². The first-order valence-electron chi connectivity index (χ1n) is 6.53. The van der Waals surface area contributed by atoms with Crippen molar-refractivity contribution in [1.82, 2.24) is 14.9 Å². The molecule has 0 atom stereocenters. The van der Waals surface area contributed by atoms with Gasteiger partial charge >= 0.3 is 0 Å². The fourth-order valence-electron chi connectivity index (χ4n) is 1.44. The Morgan fingerprint density at radius 2 is 2.22 bits per heavy atom. The van der Waals surface area contributed by atoms with E-state index in [-0.39, 0.29) is 0 Å². The van der Waals surface area contributed by atoms with Crippen LogP contribution in [0.5, 0.6) is 5.88 Å². The third-order valence-electron chi connectivity index (χ3n) is 2.77. The summed E-state index contributed by atoms with van der Waals surface area (Å²) >= 11 is 0. The van der Waals surface area contributed by atoms with E-state index in [0.29, 0.717) is 24.5 Å². The van der Waals surface area contributed by atoms with Crippen LogP contribution in [0, 0.1) is 0 Å². The first-order chi connectivity index (χ1) is 8.63. The lowest BCUT2D eigenvalue weighted by molar-refractivity contribution is 0.273. The van der Waals surface area contributed by atoms with Gasteiger partial charge in [-0.1, -0.05) is 0 Å². The highest BCUT2D eigenvalue weighted by Gasteiger charge is 2.03. The van der Waals surface area contributed by atoms with Crippen LogP contribution in [-0.2, 0) is 0 Å². The van der Waals surface area contributed by atoms with E-state index in [4.69, 9.17) is 4.74 Å². The van der Waals surface area contributed by atoms with Crippen molar-refractivity contribution in [3.05, 3.63) is 12.3 Å². The van der Waals surface area contributed by atoms with E-state index >= 15 is 0 Å². The molecule has 0 bridgehead atoms. The van der Waals surface area contributed by atoms with Gasteiger partial charge in [0, 0.05) is 24.8 Å². The molecule has 1 aromatic heterocycles. The number of rotatable bonds is 8. The van der Waals surface area contributed by atoms with Crippen molar-refractivity contribution in [1.29, 1.82) is 0 Å². The Balaban J connectivity index is 2.28. The zero-order chi connectivity index (χ0) is 13.4. The van der Waals surface area contributed by atoms with Gasteiger partial charge in [0.15, 0.2) is 0 Å². The molecule has 102 valence electrons. The standard InChI is InChI=1S/C13H24N4O/c1-5-18-12-7-9-15-13(16-12)14-8-6-10-17(4)11(2)3/h7,9,11H,5-6,8,10H2,1-4H3,(H,14,15,16). The van der Waals surface area contributed by atoms with E-state index in [1.54, 1.807) is 12.3 Å². The SMILES string of the molecule is CCOc1ccnc(NCCCN(C)C(C)C)n1. The molecule has 0 aliphatic heterocycles. The Morgan fingerprint density at radius 1 is 1.44 bits per heavy atom. The van der Waals surface area contributed by atoms with E-state index in [2.05, 4.69) is 41.1 Å². The summed E-state index contributed by atoms with van der Waals surface area (Å²) in [7, 11) is 2.14. The maximum absolute atomic E-state index is 5.32. The third-order valence-corrected chi connectivity index (χ3v) is 2.77. The molecule has 0 aliphatic rings. The summed E-state index contributed by atoms with van der Waals surface area (Å²) in [4.78, 5) is 10.7. The maximum atomic E-state index is 5.32. The van der Waals surface area contributed by atoms with Crippen LogP contribution < -0.4 is 10.1 Å². The molecule has 5 nitrogen and oxygen atoms in total. The molecule has 18 heavy (non-hydrogen) atoms. The summed E-state index contributed by atoms with van der Waals surface area (Å²) < 4.78 is 5.32. The molecule has 1 aromatic rings. The Hall–Kier alpha value is -1.36. The fourth-order valence-corrected chi connectivity index (χ4v) is 1.44. The van der Waals surface area contributed by atoms with Gasteiger partial charge in [0.2, 0.25) is 11.8 Å². The van der Waals surface area contributed by atoms with Crippen molar-refractivity contribution in [3.63, 3.8) is 0 Å². The van der Waals surface area contributed by atoms with Crippen LogP contribution in [0.25, 0.3) is 0 Å². The molecular weight excluding hydrogens is 228 g/mol. The highest BCUT2D eigenvalue weighted by Crippen LogP contribution is 2.08. The molecule has 0 radical (unpaired) electrons. The number of nitrogens with zero attached hydrogens (tertiary/aromatic N) is 3. The average molecular weight is 252 g/mol. The normalized spacial score (nSPS) is 11.0. The van der Waals surface area contributed by atoms with Crippen molar-refractivity contribution < 1.29 is 4.74 Å². The lowest BCUT2D eigenvalue weighted by atomic mass is 10.3. The summed E-state index contributed by atoms with van der Waals surface area (Å²) in [5.74, 6) is 1.25. The second kappa shape index (κ2) is 7.87. The zero-order valence-corrected chi connectivity index (χ0v) is 11.8. The van der Waals surface area contributed by atoms with Gasteiger partial charge in [-0.15, -0.1) is 0 Å². The minimum absolute atomic E-state index is 0.586. The van der Waals surface area contributed by atoms with E-state index in [9.17, 15) is 0 Å². The lowest BCUT2D eigenvalue weighted by Crippen LogP contribution is -2.28. The van der Waals surface area contributed by atoms with Crippen molar-refractivity contribution >= 4 is 5.95 Å². The summed E-state index contributed by atoms with van der Waals surface area (Å²) in [6, 6.07) is 2.35. The highest BCUT2D eigenvalue weighted by molar-refractivity contribution is 5.27. The quantitative estimate of drug-likeness (QED) is 0.717. The summed E-state index contributed by atoms with van der Waals surface area (Å²) in [5.41, 5.74) is 0. The molecule has 1 rings (SSSR count). The molecule has 0 spiro atoms. The number of aromatic nitrogens is 2. The van der Waals surface area contributed by atoms with Gasteiger partial charge in [0.25, 0.3) is 0 Å². The highest BCUT2D eigenvalue weighted by atomic mass is 16.5. The monoisotopic (exact) mass is 252 g/mol. The molecule has 5 heteroatoms. The van der Waals surface area contributed by atoms with Crippen molar-refractivity contribution in [2.45, 2.75) is 33.2 Å². The number of nitrogens with one attached hydrogen (secondary N) is 1. The third kappa shape index (κ3) is 5.31. The summed E-state index contributed by atoms with van der Waals surface area (Å²) in [6.45, 7) is 8.89. The Morgan fingerprint density at radius 3 is 2.89 bits per heavy atom. The smallest absolute Gasteiger partial charge is 0.225 e. The Kier molecular flexibility index (Phi) is 6.43.